The van der Waals surface area contributed by atoms with E-state index >= 15 is 0 Å². The first-order valence-corrected chi connectivity index (χ1v) is 8.63. The van der Waals surface area contributed by atoms with E-state index in [1.165, 1.54) is 16.7 Å². The van der Waals surface area contributed by atoms with Gasteiger partial charge in [-0.25, -0.2) is 0 Å². The van der Waals surface area contributed by atoms with Crippen LogP contribution in [-0.2, 0) is 6.42 Å². The van der Waals surface area contributed by atoms with Crippen LogP contribution in [-0.4, -0.2) is 11.5 Å². The minimum Gasteiger partial charge on any atom is -0.354 e. The lowest BCUT2D eigenvalue weighted by atomic mass is 9.98. The van der Waals surface area contributed by atoms with Crippen LogP contribution in [0.5, 0.6) is 0 Å². The number of unbranched alkanes of at least 4 members (excludes halogenated alkanes) is 1. The molecule has 3 N–H and O–H groups in total. The highest BCUT2D eigenvalue weighted by Crippen LogP contribution is 2.38. The third-order valence-electron chi connectivity index (χ3n) is 4.21. The molecule has 2 nitrogen and oxygen atoms in total. The van der Waals surface area contributed by atoms with Crippen LogP contribution < -0.4 is 5.73 Å². The van der Waals surface area contributed by atoms with Crippen LogP contribution in [0.3, 0.4) is 0 Å². The van der Waals surface area contributed by atoms with Gasteiger partial charge in [-0.2, -0.15) is 0 Å². The van der Waals surface area contributed by atoms with Crippen molar-refractivity contribution < 1.29 is 0 Å². The van der Waals surface area contributed by atoms with E-state index in [9.17, 15) is 0 Å². The lowest BCUT2D eigenvalue weighted by Gasteiger charge is -2.08. The zero-order chi connectivity index (χ0) is 16.4. The molecule has 3 rings (SSSR count). The van der Waals surface area contributed by atoms with Gasteiger partial charge in [-0.05, 0) is 56.0 Å². The predicted octanol–water partition coefficient (Wildman–Crippen LogP) is 5.73. The Hall–Kier alpha value is -1.48. The summed E-state index contributed by atoms with van der Waals surface area (Å²) >= 11 is 12.7. The van der Waals surface area contributed by atoms with Gasteiger partial charge in [0.25, 0.3) is 0 Å². The molecule has 120 valence electrons. The second-order valence-electron chi connectivity index (χ2n) is 5.85. The Balaban J connectivity index is 2.21. The molecule has 1 aromatic heterocycles. The van der Waals surface area contributed by atoms with Gasteiger partial charge in [0.2, 0.25) is 0 Å². The monoisotopic (exact) mass is 346 g/mol. The Bertz CT molecular complexity index is 837. The van der Waals surface area contributed by atoms with E-state index in [1.54, 1.807) is 0 Å². The minimum absolute atomic E-state index is 0.647. The largest absolute Gasteiger partial charge is 0.354 e. The Morgan fingerprint density at radius 1 is 1.09 bits per heavy atom. The van der Waals surface area contributed by atoms with Gasteiger partial charge in [0.05, 0.1) is 10.7 Å². The van der Waals surface area contributed by atoms with E-state index < -0.39 is 0 Å². The highest BCUT2D eigenvalue weighted by Gasteiger charge is 2.17. The van der Waals surface area contributed by atoms with Crippen molar-refractivity contribution >= 4 is 34.1 Å². The molecule has 0 fully saturated rings. The maximum Gasteiger partial charge on any atom is 0.0517 e. The number of hydrogen-bond acceptors (Lipinski definition) is 1. The van der Waals surface area contributed by atoms with Crippen molar-refractivity contribution in [2.75, 3.05) is 6.54 Å². The molecule has 0 unspecified atom stereocenters. The van der Waals surface area contributed by atoms with Crippen molar-refractivity contribution in [2.24, 2.45) is 5.73 Å². The number of H-pyrrole nitrogens is 1. The zero-order valence-corrected chi connectivity index (χ0v) is 14.6. The minimum atomic E-state index is 0.647. The van der Waals surface area contributed by atoms with Crippen molar-refractivity contribution in [3.8, 4) is 11.3 Å². The second kappa shape index (κ2) is 6.96. The number of nitrogens with one attached hydrogen (secondary N) is 1. The van der Waals surface area contributed by atoms with Crippen LogP contribution in [0.4, 0.5) is 0 Å². The van der Waals surface area contributed by atoms with Crippen LogP contribution in [0.25, 0.3) is 22.2 Å². The molecule has 23 heavy (non-hydrogen) atoms. The van der Waals surface area contributed by atoms with Crippen LogP contribution >= 0.6 is 23.2 Å². The molecule has 0 aliphatic heterocycles. The summed E-state index contributed by atoms with van der Waals surface area (Å²) in [5.41, 5.74) is 11.5. The van der Waals surface area contributed by atoms with E-state index in [0.29, 0.717) is 16.6 Å². The standard InChI is InChI=1S/C19H20Cl2N2/c1-12-6-2-3-7-14(12)19-15(8-4-5-9-22)18-16(21)10-13(20)11-17(18)23-19/h2-3,6-7,10-11,23H,4-5,8-9,22H2,1H3. The maximum absolute atomic E-state index is 6.49. The number of halogens is 2. The molecule has 1 heterocycles. The first-order chi connectivity index (χ1) is 11.1. The average Bonchev–Trinajstić information content (AvgIpc) is 2.86. The Kier molecular flexibility index (Phi) is 4.96. The fourth-order valence-electron chi connectivity index (χ4n) is 3.09. The number of fused-ring (bicyclic) bond motifs is 1. The van der Waals surface area contributed by atoms with Crippen LogP contribution in [0.2, 0.25) is 10.0 Å². The molecule has 0 aliphatic rings. The Morgan fingerprint density at radius 3 is 2.61 bits per heavy atom. The summed E-state index contributed by atoms with van der Waals surface area (Å²) < 4.78 is 0. The quantitative estimate of drug-likeness (QED) is 0.569. The molecule has 4 heteroatoms. The second-order valence-corrected chi connectivity index (χ2v) is 6.69. The molecule has 0 saturated carbocycles. The molecule has 0 amide bonds. The van der Waals surface area contributed by atoms with Gasteiger partial charge < -0.3 is 10.7 Å². The Morgan fingerprint density at radius 2 is 1.87 bits per heavy atom. The van der Waals surface area contributed by atoms with Crippen LogP contribution in [0.15, 0.2) is 36.4 Å². The van der Waals surface area contributed by atoms with Crippen LogP contribution in [0, 0.1) is 6.92 Å². The lowest BCUT2D eigenvalue weighted by Crippen LogP contribution is -1.99. The SMILES string of the molecule is Cc1ccccc1-c1[nH]c2cc(Cl)cc(Cl)c2c1CCCCN. The van der Waals surface area contributed by atoms with Crippen molar-refractivity contribution in [3.63, 3.8) is 0 Å². The van der Waals surface area contributed by atoms with Crippen molar-refractivity contribution in [2.45, 2.75) is 26.2 Å². The molecule has 3 aromatic rings. The summed E-state index contributed by atoms with van der Waals surface area (Å²) in [6, 6.07) is 12.1. The number of benzene rings is 2. The van der Waals surface area contributed by atoms with Gasteiger partial charge in [-0.15, -0.1) is 0 Å². The van der Waals surface area contributed by atoms with E-state index in [4.69, 9.17) is 28.9 Å². The van der Waals surface area contributed by atoms with Crippen LogP contribution in [0.1, 0.15) is 24.0 Å². The molecular weight excluding hydrogens is 327 g/mol. The molecule has 0 spiro atoms. The van der Waals surface area contributed by atoms with E-state index in [2.05, 4.69) is 36.2 Å². The van der Waals surface area contributed by atoms with Crippen molar-refractivity contribution in [1.82, 2.24) is 4.98 Å². The molecular formula is C19H20Cl2N2. The molecule has 0 aliphatic carbocycles. The van der Waals surface area contributed by atoms with E-state index in [-0.39, 0.29) is 0 Å². The number of aromatic amines is 1. The fraction of sp³-hybridized carbons (Fsp3) is 0.263. The highest BCUT2D eigenvalue weighted by atomic mass is 35.5. The average molecular weight is 347 g/mol. The molecule has 0 bridgehead atoms. The Labute approximate surface area is 146 Å². The first kappa shape index (κ1) is 16.4. The molecule has 0 atom stereocenters. The normalized spacial score (nSPS) is 11.3. The number of nitrogens with two attached hydrogens (primary N) is 1. The summed E-state index contributed by atoms with van der Waals surface area (Å²) in [5.74, 6) is 0. The van der Waals surface area contributed by atoms with E-state index in [1.807, 2.05) is 12.1 Å². The number of hydrogen-bond donors (Lipinski definition) is 2. The molecule has 0 saturated heterocycles. The van der Waals surface area contributed by atoms with Gasteiger partial charge in [0.1, 0.15) is 0 Å². The van der Waals surface area contributed by atoms with Crippen molar-refractivity contribution in [3.05, 3.63) is 57.6 Å². The number of aromatic nitrogens is 1. The molecule has 2 aromatic carbocycles. The molecule has 0 radical (unpaired) electrons. The smallest absolute Gasteiger partial charge is 0.0517 e. The van der Waals surface area contributed by atoms with Gasteiger partial charge in [0, 0.05) is 21.5 Å². The van der Waals surface area contributed by atoms with E-state index in [0.717, 1.165) is 35.9 Å². The summed E-state index contributed by atoms with van der Waals surface area (Å²) in [7, 11) is 0. The van der Waals surface area contributed by atoms with Gasteiger partial charge in [-0.1, -0.05) is 47.5 Å². The number of rotatable bonds is 5. The van der Waals surface area contributed by atoms with Gasteiger partial charge in [-0.3, -0.25) is 0 Å². The summed E-state index contributed by atoms with van der Waals surface area (Å²) in [6.45, 7) is 2.83. The first-order valence-electron chi connectivity index (χ1n) is 7.87. The number of aryl methyl sites for hydroxylation is 2. The zero-order valence-electron chi connectivity index (χ0n) is 13.1. The summed E-state index contributed by atoms with van der Waals surface area (Å²) in [4.78, 5) is 3.53. The summed E-state index contributed by atoms with van der Waals surface area (Å²) in [5, 5.41) is 2.42. The topological polar surface area (TPSA) is 41.8 Å². The van der Waals surface area contributed by atoms with Crippen molar-refractivity contribution in [1.29, 1.82) is 0 Å². The van der Waals surface area contributed by atoms with Gasteiger partial charge >= 0.3 is 0 Å². The third kappa shape index (κ3) is 3.25. The van der Waals surface area contributed by atoms with Gasteiger partial charge in [0.15, 0.2) is 0 Å². The third-order valence-corrected chi connectivity index (χ3v) is 4.73. The highest BCUT2D eigenvalue weighted by molar-refractivity contribution is 6.39. The lowest BCUT2D eigenvalue weighted by molar-refractivity contribution is 0.748. The predicted molar refractivity (Wildman–Crippen MR) is 100 cm³/mol. The maximum atomic E-state index is 6.49. The summed E-state index contributed by atoms with van der Waals surface area (Å²) in [6.07, 6.45) is 2.99. The fourth-order valence-corrected chi connectivity index (χ4v) is 3.70.